The largest absolute Gasteiger partial charge is 0.450 e. The lowest BCUT2D eigenvalue weighted by molar-refractivity contribution is -0.158. The minimum Gasteiger partial charge on any atom is -0.450 e. The molecule has 2 N–H and O–H groups in total. The van der Waals surface area contributed by atoms with Gasteiger partial charge in [0.05, 0.1) is 26.2 Å². The molecule has 0 bridgehead atoms. The first-order valence-electron chi connectivity index (χ1n) is 11.3. The normalized spacial score (nSPS) is 16.4. The lowest BCUT2D eigenvalue weighted by Crippen LogP contribution is -2.30. The lowest BCUT2D eigenvalue weighted by atomic mass is 9.98. The molecule has 1 aliphatic carbocycles. The van der Waals surface area contributed by atoms with Gasteiger partial charge in [-0.25, -0.2) is 9.59 Å². The summed E-state index contributed by atoms with van der Waals surface area (Å²) in [5.74, 6) is -1.85. The van der Waals surface area contributed by atoms with Crippen molar-refractivity contribution in [2.45, 2.75) is 18.4 Å². The van der Waals surface area contributed by atoms with Crippen molar-refractivity contribution in [3.05, 3.63) is 59.7 Å². The summed E-state index contributed by atoms with van der Waals surface area (Å²) in [7, 11) is 0. The topological polar surface area (TPSA) is 129 Å². The van der Waals surface area contributed by atoms with Gasteiger partial charge in [-0.2, -0.15) is 0 Å². The molecule has 1 heterocycles. The molecule has 1 fully saturated rings. The van der Waals surface area contributed by atoms with E-state index in [9.17, 15) is 19.2 Å². The van der Waals surface area contributed by atoms with E-state index in [1.807, 2.05) is 24.3 Å². The zero-order valence-corrected chi connectivity index (χ0v) is 19.0. The molecule has 2 aromatic carbocycles. The number of imide groups is 1. The van der Waals surface area contributed by atoms with E-state index < -0.39 is 30.0 Å². The number of nitrogens with one attached hydrogen (secondary N) is 2. The van der Waals surface area contributed by atoms with Crippen LogP contribution < -0.4 is 10.6 Å². The Morgan fingerprint density at radius 3 is 2.23 bits per heavy atom. The second-order valence-electron chi connectivity index (χ2n) is 8.01. The highest BCUT2D eigenvalue weighted by molar-refractivity contribution is 6.05. The van der Waals surface area contributed by atoms with Crippen LogP contribution in [0, 0.1) is 0 Å². The van der Waals surface area contributed by atoms with Gasteiger partial charge in [-0.1, -0.05) is 48.5 Å². The highest BCUT2D eigenvalue weighted by Crippen LogP contribution is 2.44. The number of esters is 1. The molecule has 4 rings (SSSR count). The van der Waals surface area contributed by atoms with Crippen molar-refractivity contribution in [3.8, 4) is 11.1 Å². The SMILES string of the molecule is O=C1CC(OC(=O)COCCOCCNC(=O)OCC2c3ccccc3-c3ccccc32)C(=O)N1. The van der Waals surface area contributed by atoms with Crippen molar-refractivity contribution in [1.29, 1.82) is 0 Å². The fourth-order valence-corrected chi connectivity index (χ4v) is 4.07. The minimum atomic E-state index is -1.10. The monoisotopic (exact) mass is 482 g/mol. The standard InChI is InChI=1S/C25H26N2O8/c28-22-13-21(24(30)27-22)35-23(29)15-33-12-11-32-10-9-26-25(31)34-14-20-18-7-3-1-5-16(18)17-6-2-4-8-19(17)20/h1-8,20-21H,9-15H2,(H,26,31)(H,27,28,30). The molecule has 2 aliphatic rings. The molecule has 3 amide bonds. The molecule has 0 radical (unpaired) electrons. The first-order chi connectivity index (χ1) is 17.0. The predicted molar refractivity (Wildman–Crippen MR) is 122 cm³/mol. The molecule has 1 atom stereocenters. The number of carbonyl (C=O) groups excluding carboxylic acids is 4. The second-order valence-corrected chi connectivity index (χ2v) is 8.01. The number of alkyl carbamates (subject to hydrolysis) is 1. The number of amides is 3. The quantitative estimate of drug-likeness (QED) is 0.280. The fraction of sp³-hybridized carbons (Fsp3) is 0.360. The van der Waals surface area contributed by atoms with Crippen molar-refractivity contribution in [3.63, 3.8) is 0 Å². The number of hydrogen-bond acceptors (Lipinski definition) is 8. The summed E-state index contributed by atoms with van der Waals surface area (Å²) in [5, 5.41) is 4.70. The van der Waals surface area contributed by atoms with Crippen LogP contribution >= 0.6 is 0 Å². The Labute approximate surface area is 201 Å². The Morgan fingerprint density at radius 1 is 0.914 bits per heavy atom. The molecular formula is C25H26N2O8. The van der Waals surface area contributed by atoms with E-state index in [2.05, 4.69) is 34.9 Å². The number of hydrogen-bond donors (Lipinski definition) is 2. The molecule has 184 valence electrons. The van der Waals surface area contributed by atoms with Crippen LogP contribution in [-0.4, -0.2) is 69.6 Å². The van der Waals surface area contributed by atoms with Crippen LogP contribution in [0.3, 0.4) is 0 Å². The van der Waals surface area contributed by atoms with Gasteiger partial charge < -0.3 is 24.3 Å². The maximum atomic E-state index is 12.1. The molecular weight excluding hydrogens is 456 g/mol. The smallest absolute Gasteiger partial charge is 0.407 e. The summed E-state index contributed by atoms with van der Waals surface area (Å²) in [6, 6.07) is 16.2. The van der Waals surface area contributed by atoms with Crippen LogP contribution in [0.5, 0.6) is 0 Å². The van der Waals surface area contributed by atoms with Gasteiger partial charge >= 0.3 is 12.1 Å². The third-order valence-electron chi connectivity index (χ3n) is 5.65. The summed E-state index contributed by atoms with van der Waals surface area (Å²) < 4.78 is 20.8. The fourth-order valence-electron chi connectivity index (χ4n) is 4.07. The van der Waals surface area contributed by atoms with Crippen LogP contribution in [0.1, 0.15) is 23.5 Å². The van der Waals surface area contributed by atoms with Gasteiger partial charge in [0.15, 0.2) is 6.10 Å². The molecule has 0 spiro atoms. The van der Waals surface area contributed by atoms with Crippen molar-refractivity contribution >= 4 is 23.9 Å². The Kier molecular flexibility index (Phi) is 8.07. The third-order valence-corrected chi connectivity index (χ3v) is 5.65. The Bertz CT molecular complexity index is 1060. The van der Waals surface area contributed by atoms with Crippen LogP contribution in [0.4, 0.5) is 4.79 Å². The van der Waals surface area contributed by atoms with Gasteiger partial charge in [-0.15, -0.1) is 0 Å². The Hall–Kier alpha value is -3.76. The van der Waals surface area contributed by atoms with Crippen molar-refractivity contribution < 1.29 is 38.1 Å². The molecule has 10 nitrogen and oxygen atoms in total. The molecule has 0 aromatic heterocycles. The van der Waals surface area contributed by atoms with Gasteiger partial charge in [0, 0.05) is 12.5 Å². The van der Waals surface area contributed by atoms with E-state index >= 15 is 0 Å². The highest BCUT2D eigenvalue weighted by atomic mass is 16.6. The molecule has 35 heavy (non-hydrogen) atoms. The van der Waals surface area contributed by atoms with E-state index in [0.717, 1.165) is 11.1 Å². The van der Waals surface area contributed by atoms with Gasteiger partial charge in [-0.3, -0.25) is 14.9 Å². The maximum Gasteiger partial charge on any atom is 0.407 e. The summed E-state index contributed by atoms with van der Waals surface area (Å²) >= 11 is 0. The minimum absolute atomic E-state index is 0.00298. The van der Waals surface area contributed by atoms with E-state index in [1.54, 1.807) is 0 Å². The molecule has 10 heteroatoms. The van der Waals surface area contributed by atoms with Gasteiger partial charge in [-0.05, 0) is 22.3 Å². The van der Waals surface area contributed by atoms with E-state index in [0.29, 0.717) is 0 Å². The summed E-state index contributed by atoms with van der Waals surface area (Å²) in [5.41, 5.74) is 4.63. The molecule has 1 unspecified atom stereocenters. The van der Waals surface area contributed by atoms with Gasteiger partial charge in [0.2, 0.25) is 5.91 Å². The first-order valence-corrected chi connectivity index (χ1v) is 11.3. The predicted octanol–water partition coefficient (Wildman–Crippen LogP) is 1.52. The number of benzene rings is 2. The lowest BCUT2D eigenvalue weighted by Gasteiger charge is -2.14. The van der Waals surface area contributed by atoms with Gasteiger partial charge in [0.25, 0.3) is 5.91 Å². The van der Waals surface area contributed by atoms with Crippen LogP contribution in [0.15, 0.2) is 48.5 Å². The summed E-state index contributed by atoms with van der Waals surface area (Å²) in [6.45, 7) is 0.685. The zero-order valence-electron chi connectivity index (χ0n) is 19.0. The third kappa shape index (κ3) is 6.23. The maximum absolute atomic E-state index is 12.1. The summed E-state index contributed by atoms with van der Waals surface area (Å²) in [4.78, 5) is 46.1. The zero-order chi connectivity index (χ0) is 24.6. The molecule has 2 aromatic rings. The van der Waals surface area contributed by atoms with Crippen LogP contribution in [-0.2, 0) is 33.3 Å². The van der Waals surface area contributed by atoms with Gasteiger partial charge in [0.1, 0.15) is 13.2 Å². The number of carbonyl (C=O) groups is 4. The first kappa shape index (κ1) is 24.4. The summed E-state index contributed by atoms with van der Waals surface area (Å²) in [6.07, 6.45) is -1.80. The highest BCUT2D eigenvalue weighted by Gasteiger charge is 2.33. The second kappa shape index (κ2) is 11.6. The van der Waals surface area contributed by atoms with E-state index in [-0.39, 0.29) is 51.9 Å². The van der Waals surface area contributed by atoms with Crippen LogP contribution in [0.25, 0.3) is 11.1 Å². The number of rotatable bonds is 11. The van der Waals surface area contributed by atoms with E-state index in [4.69, 9.17) is 18.9 Å². The number of fused-ring (bicyclic) bond motifs is 3. The molecule has 1 aliphatic heterocycles. The molecule has 1 saturated heterocycles. The van der Waals surface area contributed by atoms with Crippen molar-refractivity contribution in [2.24, 2.45) is 0 Å². The average molecular weight is 482 g/mol. The number of ether oxygens (including phenoxy) is 4. The molecule has 0 saturated carbocycles. The van der Waals surface area contributed by atoms with Crippen molar-refractivity contribution in [1.82, 2.24) is 10.6 Å². The van der Waals surface area contributed by atoms with Crippen LogP contribution in [0.2, 0.25) is 0 Å². The van der Waals surface area contributed by atoms with E-state index in [1.165, 1.54) is 11.1 Å². The Balaban J connectivity index is 1.06. The van der Waals surface area contributed by atoms with Crippen molar-refractivity contribution in [2.75, 3.05) is 39.6 Å². The Morgan fingerprint density at radius 2 is 1.57 bits per heavy atom. The average Bonchev–Trinajstić information content (AvgIpc) is 3.34.